The van der Waals surface area contributed by atoms with Crippen LogP contribution < -0.4 is 21.3 Å². The number of likely N-dealkylation sites (N-methyl/N-ethyl adjacent to an activating group) is 1. The summed E-state index contributed by atoms with van der Waals surface area (Å²) >= 11 is 1.12. The Labute approximate surface area is 313 Å². The van der Waals surface area contributed by atoms with Crippen LogP contribution in [0.3, 0.4) is 0 Å². The maximum atomic E-state index is 14.4. The van der Waals surface area contributed by atoms with E-state index in [1.807, 2.05) is 20.8 Å². The number of piperidine rings is 1. The zero-order valence-corrected chi connectivity index (χ0v) is 33.2. The monoisotopic (exact) mass is 762 g/mol. The van der Waals surface area contributed by atoms with Crippen LogP contribution in [0, 0.1) is 22.7 Å². The largest absolute Gasteiger partial charge is 0.346 e. The summed E-state index contributed by atoms with van der Waals surface area (Å²) in [6, 6.07) is -0.815. The molecular formula is C37H58N6O7S2. The molecule has 1 aromatic heterocycles. The van der Waals surface area contributed by atoms with Crippen molar-refractivity contribution in [2.75, 3.05) is 26.7 Å². The summed E-state index contributed by atoms with van der Waals surface area (Å²) < 4.78 is 27.8. The van der Waals surface area contributed by atoms with Gasteiger partial charge in [0.1, 0.15) is 16.3 Å². The van der Waals surface area contributed by atoms with Crippen molar-refractivity contribution in [3.05, 3.63) is 30.2 Å². The molecule has 1 aliphatic carbocycles. The second kappa shape index (κ2) is 17.2. The zero-order valence-electron chi connectivity index (χ0n) is 31.5. The van der Waals surface area contributed by atoms with Crippen LogP contribution in [-0.2, 0) is 29.2 Å². The summed E-state index contributed by atoms with van der Waals surface area (Å²) in [5.74, 6) is -2.43. The van der Waals surface area contributed by atoms with E-state index >= 15 is 0 Å². The molecule has 15 heteroatoms. The Kier molecular flexibility index (Phi) is 13.7. The predicted octanol–water partition coefficient (Wildman–Crippen LogP) is 3.81. The Hall–Kier alpha value is -3.30. The molecule has 0 spiro atoms. The molecule has 0 aromatic carbocycles. The fourth-order valence-electron chi connectivity index (χ4n) is 7.60. The lowest BCUT2D eigenvalue weighted by molar-refractivity contribution is -0.144. The Balaban J connectivity index is 1.55. The summed E-state index contributed by atoms with van der Waals surface area (Å²) in [4.78, 5) is 69.7. The third kappa shape index (κ3) is 9.81. The van der Waals surface area contributed by atoms with Gasteiger partial charge in [0, 0.05) is 32.7 Å². The molecule has 3 fully saturated rings. The molecule has 0 bridgehead atoms. The molecule has 2 aliphatic heterocycles. The highest BCUT2D eigenvalue weighted by Gasteiger charge is 2.69. The molecule has 1 saturated carbocycles. The molecule has 1 aromatic rings. The van der Waals surface area contributed by atoms with Gasteiger partial charge in [-0.25, -0.2) is 13.2 Å². The maximum Gasteiger partial charge on any atom is 0.315 e. The van der Waals surface area contributed by atoms with Crippen LogP contribution in [0.5, 0.6) is 0 Å². The molecule has 4 rings (SSSR count). The van der Waals surface area contributed by atoms with Gasteiger partial charge in [0.25, 0.3) is 15.9 Å². The fraction of sp³-hybridized carbons (Fsp3) is 0.703. The normalized spacial score (nSPS) is 26.4. The van der Waals surface area contributed by atoms with Crippen molar-refractivity contribution in [2.45, 2.75) is 121 Å². The van der Waals surface area contributed by atoms with Gasteiger partial charge in [0.2, 0.25) is 17.6 Å². The standard InChI is InChI=1S/C37H58N6O7S2/c1-8-20-38-33(46)31(44)25-17-14-12-10-9-11-13-15-18-26(34(47)43-22-24-29(37(24,5)6)30(43)32(45)39-25)40-35(48)41-27(36(2,3)4)23-42(7)52(49,50)28-19-16-21-51-28/h8,16,19,21,24-27,29-30H,1,9-15,17-18,20,22-23H2,2-7H3,(H,38,46)(H,39,45)(H2,40,41,48)/t24-,25+,26+,27+,29-,30-/m0/s1. The highest BCUT2D eigenvalue weighted by Crippen LogP contribution is 2.65. The van der Waals surface area contributed by atoms with Crippen molar-refractivity contribution < 1.29 is 32.4 Å². The van der Waals surface area contributed by atoms with Crippen LogP contribution in [0.15, 0.2) is 34.4 Å². The Morgan fingerprint density at radius 2 is 1.73 bits per heavy atom. The number of rotatable bonds is 10. The number of urea groups is 1. The number of hydrogen-bond donors (Lipinski definition) is 4. The zero-order chi connectivity index (χ0) is 38.4. The van der Waals surface area contributed by atoms with Crippen LogP contribution in [0.2, 0.25) is 0 Å². The lowest BCUT2D eigenvalue weighted by atomic mass is 9.86. The lowest BCUT2D eigenvalue weighted by Crippen LogP contribution is -2.60. The second-order valence-electron chi connectivity index (χ2n) is 16.2. The summed E-state index contributed by atoms with van der Waals surface area (Å²) in [6.07, 6.45) is 8.06. The predicted molar refractivity (Wildman–Crippen MR) is 201 cm³/mol. The number of sulfonamides is 1. The highest BCUT2D eigenvalue weighted by atomic mass is 32.2. The number of carbonyl (C=O) groups is 5. The third-order valence-electron chi connectivity index (χ3n) is 11.1. The van der Waals surface area contributed by atoms with Gasteiger partial charge in [-0.1, -0.05) is 91.7 Å². The van der Waals surface area contributed by atoms with E-state index in [9.17, 15) is 32.4 Å². The first-order chi connectivity index (χ1) is 24.4. The van der Waals surface area contributed by atoms with E-state index in [2.05, 4.69) is 41.7 Å². The highest BCUT2D eigenvalue weighted by molar-refractivity contribution is 7.91. The van der Waals surface area contributed by atoms with Gasteiger partial charge in [-0.15, -0.1) is 17.9 Å². The van der Waals surface area contributed by atoms with Crippen molar-refractivity contribution >= 4 is 50.9 Å². The minimum absolute atomic E-state index is 0.00801. The van der Waals surface area contributed by atoms with E-state index in [-0.39, 0.29) is 40.5 Å². The van der Waals surface area contributed by atoms with E-state index in [1.54, 1.807) is 22.4 Å². The molecule has 52 heavy (non-hydrogen) atoms. The van der Waals surface area contributed by atoms with Crippen LogP contribution in [-0.4, -0.2) is 98.0 Å². The summed E-state index contributed by atoms with van der Waals surface area (Å²) in [5, 5.41) is 12.9. The first kappa shape index (κ1) is 41.5. The first-order valence-corrected chi connectivity index (χ1v) is 20.8. The first-order valence-electron chi connectivity index (χ1n) is 18.5. The van der Waals surface area contributed by atoms with E-state index < -0.39 is 63.2 Å². The van der Waals surface area contributed by atoms with Gasteiger partial charge in [-0.2, -0.15) is 4.31 Å². The molecule has 5 amide bonds. The average Bonchev–Trinajstić information content (AvgIpc) is 3.53. The number of Topliss-reactive ketones (excluding diaryl/α,β-unsaturated/α-hetero) is 1. The number of thiophene rings is 1. The minimum Gasteiger partial charge on any atom is -0.346 e. The summed E-state index contributed by atoms with van der Waals surface area (Å²) in [5.41, 5.74) is -0.737. The SMILES string of the molecule is C=CCNC(=O)C(=O)[C@H]1CCCCCCCCC[C@@H](NC(=O)N[C@H](CN(C)S(=O)(=O)c2cccs2)C(C)(C)C)C(=O)N2C[C@H]3[C@@H]([C@H]2C(=O)N1)C3(C)C. The van der Waals surface area contributed by atoms with Gasteiger partial charge in [-0.3, -0.25) is 19.2 Å². The van der Waals surface area contributed by atoms with Crippen LogP contribution >= 0.6 is 11.3 Å². The van der Waals surface area contributed by atoms with Crippen LogP contribution in [0.4, 0.5) is 4.79 Å². The van der Waals surface area contributed by atoms with E-state index in [0.29, 0.717) is 32.2 Å². The van der Waals surface area contributed by atoms with Crippen LogP contribution in [0.25, 0.3) is 0 Å². The molecule has 4 N–H and O–H groups in total. The fourth-order valence-corrected chi connectivity index (χ4v) is 9.99. The smallest absolute Gasteiger partial charge is 0.315 e. The average molecular weight is 763 g/mol. The van der Waals surface area contributed by atoms with Crippen molar-refractivity contribution in [2.24, 2.45) is 22.7 Å². The van der Waals surface area contributed by atoms with Gasteiger partial charge >= 0.3 is 6.03 Å². The molecule has 3 aliphatic rings. The van der Waals surface area contributed by atoms with E-state index in [0.717, 1.165) is 43.4 Å². The van der Waals surface area contributed by atoms with Crippen molar-refractivity contribution in [3.8, 4) is 0 Å². The number of nitrogens with zero attached hydrogens (tertiary/aromatic N) is 2. The molecule has 3 heterocycles. The van der Waals surface area contributed by atoms with E-state index in [4.69, 9.17) is 0 Å². The number of hydrogen-bond acceptors (Lipinski definition) is 8. The molecule has 0 unspecified atom stereocenters. The number of nitrogens with one attached hydrogen (secondary N) is 4. The van der Waals surface area contributed by atoms with Gasteiger partial charge < -0.3 is 26.2 Å². The maximum absolute atomic E-state index is 14.4. The Morgan fingerprint density at radius 3 is 2.33 bits per heavy atom. The molecule has 290 valence electrons. The summed E-state index contributed by atoms with van der Waals surface area (Å²) in [6.45, 7) is 13.9. The van der Waals surface area contributed by atoms with Crippen molar-refractivity contribution in [1.29, 1.82) is 0 Å². The quantitative estimate of drug-likeness (QED) is 0.207. The topological polar surface area (TPSA) is 174 Å². The number of fused-ring (bicyclic) bond motifs is 3. The molecule has 13 nitrogen and oxygen atoms in total. The second-order valence-corrected chi connectivity index (χ2v) is 19.4. The third-order valence-corrected chi connectivity index (χ3v) is 14.3. The van der Waals surface area contributed by atoms with Gasteiger partial charge in [-0.05, 0) is 47.0 Å². The minimum atomic E-state index is -3.77. The van der Waals surface area contributed by atoms with Gasteiger partial charge in [0.05, 0.1) is 6.04 Å². The van der Waals surface area contributed by atoms with Crippen molar-refractivity contribution in [1.82, 2.24) is 30.5 Å². The van der Waals surface area contributed by atoms with Gasteiger partial charge in [0.15, 0.2) is 0 Å². The lowest BCUT2D eigenvalue weighted by Gasteiger charge is -2.36. The van der Waals surface area contributed by atoms with Crippen molar-refractivity contribution in [3.63, 3.8) is 0 Å². The number of ketones is 1. The molecule has 6 atom stereocenters. The molecule has 0 radical (unpaired) electrons. The number of amides is 5. The van der Waals surface area contributed by atoms with E-state index in [1.165, 1.54) is 17.4 Å². The Morgan fingerprint density at radius 1 is 1.10 bits per heavy atom. The molecule has 2 saturated heterocycles. The Bertz CT molecular complexity index is 1570. The van der Waals surface area contributed by atoms with Crippen LogP contribution in [0.1, 0.15) is 92.4 Å². The molecular weight excluding hydrogens is 705 g/mol. The number of carbonyl (C=O) groups excluding carboxylic acids is 5. The summed E-state index contributed by atoms with van der Waals surface area (Å²) in [7, 11) is -2.28.